The molecule has 13 heavy (non-hydrogen) atoms. The van der Waals surface area contributed by atoms with Crippen LogP contribution in [0.1, 0.15) is 59.7 Å². The van der Waals surface area contributed by atoms with Crippen molar-refractivity contribution in [2.75, 3.05) is 0 Å². The van der Waals surface area contributed by atoms with Crippen LogP contribution in [0.5, 0.6) is 0 Å². The second kappa shape index (κ2) is 12.1. The van der Waals surface area contributed by atoms with Gasteiger partial charge in [-0.1, -0.05) is 45.4 Å². The third-order valence-corrected chi connectivity index (χ3v) is 2.03. The van der Waals surface area contributed by atoms with Crippen LogP contribution in [-0.4, -0.2) is 5.91 Å². The van der Waals surface area contributed by atoms with Crippen molar-refractivity contribution in [2.45, 2.75) is 58.3 Å². The van der Waals surface area contributed by atoms with E-state index < -0.39 is 0 Å². The Hall–Kier alpha value is 0.0674. The fourth-order valence-electron chi connectivity index (χ4n) is 1.26. The first-order chi connectivity index (χ1) is 5.77. The van der Waals surface area contributed by atoms with Crippen LogP contribution in [0.3, 0.4) is 0 Å². The van der Waals surface area contributed by atoms with E-state index in [1.54, 1.807) is 0 Å². The predicted molar refractivity (Wildman–Crippen MR) is 52.9 cm³/mol. The third-order valence-electron chi connectivity index (χ3n) is 2.03. The number of nitrogens with two attached hydrogens (primary N) is 1. The van der Waals surface area contributed by atoms with E-state index >= 15 is 0 Å². The molecule has 0 saturated heterocycles. The van der Waals surface area contributed by atoms with Crippen LogP contribution in [0.2, 0.25) is 0 Å². The molecule has 2 nitrogen and oxygen atoms in total. The van der Waals surface area contributed by atoms with Gasteiger partial charge in [0.25, 0.3) is 0 Å². The topological polar surface area (TPSA) is 43.1 Å². The molecule has 0 spiro atoms. The summed E-state index contributed by atoms with van der Waals surface area (Å²) in [6.07, 6.45) is 9.24. The maximum absolute atomic E-state index is 10.4. The largest absolute Gasteiger partial charge is 1.00 e. The van der Waals surface area contributed by atoms with Crippen LogP contribution in [-0.2, 0) is 4.79 Å². The number of primary amides is 1. The van der Waals surface area contributed by atoms with Crippen molar-refractivity contribution in [1.82, 2.24) is 0 Å². The Labute approximate surface area is 95.3 Å². The molecule has 0 aromatic heterocycles. The van der Waals surface area contributed by atoms with Crippen molar-refractivity contribution < 1.29 is 25.1 Å². The molecule has 0 aliphatic heterocycles. The molecule has 0 saturated carbocycles. The number of hydrogen-bond donors (Lipinski definition) is 1. The van der Waals surface area contributed by atoms with Crippen molar-refractivity contribution in [3.63, 3.8) is 0 Å². The molecule has 0 aliphatic carbocycles. The molecule has 1 amide bonds. The van der Waals surface area contributed by atoms with Gasteiger partial charge in [0.1, 0.15) is 0 Å². The Morgan fingerprint density at radius 3 is 2.00 bits per heavy atom. The van der Waals surface area contributed by atoms with Gasteiger partial charge in [0.15, 0.2) is 0 Å². The van der Waals surface area contributed by atoms with Crippen molar-refractivity contribution >= 4 is 5.91 Å². The van der Waals surface area contributed by atoms with Crippen LogP contribution >= 0.6 is 0 Å². The number of rotatable bonds is 8. The molecule has 0 aromatic carbocycles. The normalized spacial score (nSPS) is 9.31. The second-order valence-electron chi connectivity index (χ2n) is 3.34. The molecule has 0 heterocycles. The van der Waals surface area contributed by atoms with E-state index in [1.165, 1.54) is 32.1 Å². The zero-order valence-corrected chi connectivity index (χ0v) is 9.14. The molecule has 0 fully saturated rings. The Morgan fingerprint density at radius 2 is 1.54 bits per heavy atom. The van der Waals surface area contributed by atoms with Gasteiger partial charge in [0, 0.05) is 6.42 Å². The van der Waals surface area contributed by atoms with Gasteiger partial charge >= 0.3 is 18.9 Å². The molecule has 0 bridgehead atoms. The van der Waals surface area contributed by atoms with E-state index in [2.05, 4.69) is 6.92 Å². The maximum Gasteiger partial charge on any atom is 1.00 e. The standard InChI is InChI=1S/C10H21NO.Li.H/c1-2-3-4-5-6-7-8-9-10(11)12;;/h2-9H2,1H3,(H2,11,12);;/q;+1;-1. The van der Waals surface area contributed by atoms with Crippen LogP contribution in [0.15, 0.2) is 0 Å². The summed E-state index contributed by atoms with van der Waals surface area (Å²) in [6.45, 7) is 2.22. The average molecular weight is 179 g/mol. The molecule has 0 unspecified atom stereocenters. The Kier molecular flexibility index (Phi) is 14.4. The van der Waals surface area contributed by atoms with Gasteiger partial charge in [-0.3, -0.25) is 4.79 Å². The number of amides is 1. The Bertz CT molecular complexity index is 123. The van der Waals surface area contributed by atoms with Gasteiger partial charge in [-0.25, -0.2) is 0 Å². The number of unbranched alkanes of at least 4 members (excludes halogenated alkanes) is 6. The molecule has 3 heteroatoms. The van der Waals surface area contributed by atoms with Crippen molar-refractivity contribution in [3.05, 3.63) is 0 Å². The van der Waals surface area contributed by atoms with Crippen molar-refractivity contribution in [3.8, 4) is 0 Å². The molecule has 2 N–H and O–H groups in total. The molecule has 0 rings (SSSR count). The summed E-state index contributed by atoms with van der Waals surface area (Å²) in [6, 6.07) is 0. The molecule has 0 radical (unpaired) electrons. The fraction of sp³-hybridized carbons (Fsp3) is 0.900. The van der Waals surface area contributed by atoms with E-state index in [0.717, 1.165) is 12.8 Å². The van der Waals surface area contributed by atoms with Gasteiger partial charge in [-0.2, -0.15) is 0 Å². The summed E-state index contributed by atoms with van der Waals surface area (Å²) in [7, 11) is 0. The number of carbonyl (C=O) groups is 1. The Morgan fingerprint density at radius 1 is 1.08 bits per heavy atom. The quantitative estimate of drug-likeness (QED) is 0.404. The minimum atomic E-state index is -0.163. The first-order valence-corrected chi connectivity index (χ1v) is 5.05. The predicted octanol–water partition coefficient (Wildman–Crippen LogP) is -0.271. The smallest absolute Gasteiger partial charge is 1.00 e. The summed E-state index contributed by atoms with van der Waals surface area (Å²) in [5, 5.41) is 0. The van der Waals surface area contributed by atoms with Crippen LogP contribution < -0.4 is 24.6 Å². The first kappa shape index (κ1) is 15.5. The number of carbonyl (C=O) groups excluding carboxylic acids is 1. The zero-order chi connectivity index (χ0) is 9.23. The van der Waals surface area contributed by atoms with Crippen molar-refractivity contribution in [2.24, 2.45) is 5.73 Å². The molecular formula is C10H22LiNO. The monoisotopic (exact) mass is 179 g/mol. The van der Waals surface area contributed by atoms with Gasteiger partial charge in [-0.05, 0) is 6.42 Å². The first-order valence-electron chi connectivity index (χ1n) is 5.05. The van der Waals surface area contributed by atoms with Crippen molar-refractivity contribution in [1.29, 1.82) is 0 Å². The molecular weight excluding hydrogens is 157 g/mol. The Balaban J connectivity index is -0.000000605. The molecule has 0 aromatic rings. The minimum Gasteiger partial charge on any atom is -1.00 e. The van der Waals surface area contributed by atoms with E-state index in [-0.39, 0.29) is 26.2 Å². The van der Waals surface area contributed by atoms with E-state index in [1.807, 2.05) is 0 Å². The van der Waals surface area contributed by atoms with Crippen LogP contribution in [0.25, 0.3) is 0 Å². The third kappa shape index (κ3) is 14.9. The molecule has 0 atom stereocenters. The van der Waals surface area contributed by atoms with E-state index in [9.17, 15) is 4.79 Å². The second-order valence-corrected chi connectivity index (χ2v) is 3.34. The van der Waals surface area contributed by atoms with Gasteiger partial charge < -0.3 is 7.16 Å². The van der Waals surface area contributed by atoms with E-state index in [0.29, 0.717) is 6.42 Å². The van der Waals surface area contributed by atoms with Gasteiger partial charge in [0.05, 0.1) is 0 Å². The molecule has 74 valence electrons. The summed E-state index contributed by atoms with van der Waals surface area (Å²) in [5.74, 6) is -0.163. The number of hydrogen-bond acceptors (Lipinski definition) is 1. The summed E-state index contributed by atoms with van der Waals surface area (Å²) in [5.41, 5.74) is 5.02. The molecule has 0 aliphatic rings. The summed E-state index contributed by atoms with van der Waals surface area (Å²) < 4.78 is 0. The van der Waals surface area contributed by atoms with Crippen LogP contribution in [0, 0.1) is 0 Å². The van der Waals surface area contributed by atoms with E-state index in [4.69, 9.17) is 5.73 Å². The van der Waals surface area contributed by atoms with Crippen LogP contribution in [0.4, 0.5) is 0 Å². The zero-order valence-electron chi connectivity index (χ0n) is 10.1. The van der Waals surface area contributed by atoms with Gasteiger partial charge in [0.2, 0.25) is 5.91 Å². The minimum absolute atomic E-state index is 0. The summed E-state index contributed by atoms with van der Waals surface area (Å²) >= 11 is 0. The maximum atomic E-state index is 10.4. The fourth-order valence-corrected chi connectivity index (χ4v) is 1.26. The average Bonchev–Trinajstić information content (AvgIpc) is 2.02. The SMILES string of the molecule is CCCCCCCCCC(N)=O.[H-].[Li+]. The van der Waals surface area contributed by atoms with Gasteiger partial charge in [-0.15, -0.1) is 0 Å². The summed E-state index contributed by atoms with van der Waals surface area (Å²) in [4.78, 5) is 10.4.